The van der Waals surface area contributed by atoms with Gasteiger partial charge < -0.3 is 4.42 Å². The van der Waals surface area contributed by atoms with Crippen LogP contribution in [0.25, 0.3) is 0 Å². The van der Waals surface area contributed by atoms with E-state index in [0.717, 1.165) is 0 Å². The molecule has 0 aliphatic rings. The van der Waals surface area contributed by atoms with Crippen LogP contribution >= 0.6 is 0 Å². The number of alkyl halides is 3. The van der Waals surface area contributed by atoms with Crippen LogP contribution in [0.4, 0.5) is 13.2 Å². The van der Waals surface area contributed by atoms with Gasteiger partial charge >= 0.3 is 6.18 Å². The molecule has 0 aliphatic heterocycles. The number of hydrogen-bond donors (Lipinski definition) is 0. The fourth-order valence-corrected chi connectivity index (χ4v) is 1.85. The van der Waals surface area contributed by atoms with E-state index in [1.54, 1.807) is 44.2 Å². The molecular formula is C15H14F3NO. The topological polar surface area (TPSA) is 25.5 Å². The lowest BCUT2D eigenvalue weighted by atomic mass is 10.1. The molecule has 0 spiro atoms. The molecule has 2 nitrogen and oxygen atoms in total. The Morgan fingerprint density at radius 1 is 1.10 bits per heavy atom. The standard InChI is InChI=1S/C15H14F3NO/c1-10-8-9-13(20-10)14(15(16,17)18)19-11(2)12-6-4-3-5-7-12/h3-9,14H,1-2H3/b19-11+/t14-/m0/s1. The van der Waals surface area contributed by atoms with Crippen LogP contribution in [-0.4, -0.2) is 11.9 Å². The van der Waals surface area contributed by atoms with Crippen molar-refractivity contribution < 1.29 is 17.6 Å². The van der Waals surface area contributed by atoms with Crippen LogP contribution in [-0.2, 0) is 0 Å². The van der Waals surface area contributed by atoms with Crippen LogP contribution < -0.4 is 0 Å². The smallest absolute Gasteiger partial charge is 0.418 e. The molecule has 1 aromatic heterocycles. The van der Waals surface area contributed by atoms with E-state index in [-0.39, 0.29) is 5.76 Å². The molecule has 0 unspecified atom stereocenters. The molecule has 0 N–H and O–H groups in total. The van der Waals surface area contributed by atoms with Gasteiger partial charge in [0.2, 0.25) is 6.04 Å². The van der Waals surface area contributed by atoms with E-state index in [1.807, 2.05) is 0 Å². The summed E-state index contributed by atoms with van der Waals surface area (Å²) >= 11 is 0. The molecule has 0 radical (unpaired) electrons. The second kappa shape index (κ2) is 5.53. The summed E-state index contributed by atoms with van der Waals surface area (Å²) in [5, 5.41) is 0. The highest BCUT2D eigenvalue weighted by Gasteiger charge is 2.43. The summed E-state index contributed by atoms with van der Waals surface area (Å²) in [6.45, 7) is 3.16. The Morgan fingerprint density at radius 3 is 2.25 bits per heavy atom. The lowest BCUT2D eigenvalue weighted by Crippen LogP contribution is -2.20. The number of aryl methyl sites for hydroxylation is 1. The molecule has 1 aromatic carbocycles. The molecule has 0 bridgehead atoms. The molecule has 20 heavy (non-hydrogen) atoms. The molecular weight excluding hydrogens is 267 g/mol. The van der Waals surface area contributed by atoms with Crippen molar-refractivity contribution in [1.29, 1.82) is 0 Å². The van der Waals surface area contributed by atoms with Gasteiger partial charge in [-0.05, 0) is 31.5 Å². The lowest BCUT2D eigenvalue weighted by Gasteiger charge is -2.15. The number of furan rings is 1. The normalized spacial score (nSPS) is 14.3. The zero-order chi connectivity index (χ0) is 14.8. The predicted octanol–water partition coefficient (Wildman–Crippen LogP) is 4.70. The molecule has 2 rings (SSSR count). The minimum absolute atomic E-state index is 0.190. The third kappa shape index (κ3) is 3.29. The van der Waals surface area contributed by atoms with Crippen molar-refractivity contribution in [3.63, 3.8) is 0 Å². The van der Waals surface area contributed by atoms with Crippen LogP contribution in [0.15, 0.2) is 51.9 Å². The van der Waals surface area contributed by atoms with Crippen LogP contribution in [0.1, 0.15) is 30.0 Å². The van der Waals surface area contributed by atoms with E-state index in [4.69, 9.17) is 4.42 Å². The maximum absolute atomic E-state index is 13.1. The minimum atomic E-state index is -4.49. The molecule has 5 heteroatoms. The Kier molecular flexibility index (Phi) is 3.97. The highest BCUT2D eigenvalue weighted by Crippen LogP contribution is 2.37. The summed E-state index contributed by atoms with van der Waals surface area (Å²) < 4.78 is 44.5. The SMILES string of the molecule is C/C(=N\[C@@H](c1ccc(C)o1)C(F)(F)F)c1ccccc1. The highest BCUT2D eigenvalue weighted by molar-refractivity contribution is 5.98. The number of nitrogens with zero attached hydrogens (tertiary/aromatic N) is 1. The van der Waals surface area contributed by atoms with Crippen LogP contribution in [0.2, 0.25) is 0 Å². The molecule has 0 aliphatic carbocycles. The van der Waals surface area contributed by atoms with Crippen molar-refractivity contribution in [3.05, 3.63) is 59.5 Å². The van der Waals surface area contributed by atoms with Gasteiger partial charge in [-0.3, -0.25) is 4.99 Å². The van der Waals surface area contributed by atoms with Gasteiger partial charge in [-0.1, -0.05) is 30.3 Å². The Morgan fingerprint density at radius 2 is 1.75 bits per heavy atom. The maximum atomic E-state index is 13.1. The molecule has 1 atom stereocenters. The van der Waals surface area contributed by atoms with Crippen LogP contribution in [0, 0.1) is 6.92 Å². The van der Waals surface area contributed by atoms with Crippen molar-refractivity contribution in [1.82, 2.24) is 0 Å². The number of halogens is 3. The van der Waals surface area contributed by atoms with Gasteiger partial charge in [-0.2, -0.15) is 13.2 Å². The van der Waals surface area contributed by atoms with Crippen LogP contribution in [0.5, 0.6) is 0 Å². The van der Waals surface area contributed by atoms with E-state index in [2.05, 4.69) is 4.99 Å². The fourth-order valence-electron chi connectivity index (χ4n) is 1.85. The summed E-state index contributed by atoms with van der Waals surface area (Å²) in [5.74, 6) is 0.243. The average molecular weight is 281 g/mol. The van der Waals surface area contributed by atoms with Gasteiger partial charge in [0.15, 0.2) is 0 Å². The summed E-state index contributed by atoms with van der Waals surface area (Å²) in [5.41, 5.74) is 0.979. The van der Waals surface area contributed by atoms with Crippen molar-refractivity contribution in [2.24, 2.45) is 4.99 Å². The first kappa shape index (κ1) is 14.4. The summed E-state index contributed by atoms with van der Waals surface area (Å²) in [4.78, 5) is 3.80. The number of rotatable bonds is 3. The highest BCUT2D eigenvalue weighted by atomic mass is 19.4. The van der Waals surface area contributed by atoms with Gasteiger partial charge in [-0.25, -0.2) is 0 Å². The number of benzene rings is 1. The first-order chi connectivity index (χ1) is 9.38. The Balaban J connectivity index is 2.39. The maximum Gasteiger partial charge on any atom is 0.418 e. The number of hydrogen-bond acceptors (Lipinski definition) is 2. The van der Waals surface area contributed by atoms with Gasteiger partial charge in [0.25, 0.3) is 0 Å². The second-order valence-electron chi connectivity index (χ2n) is 4.47. The first-order valence-corrected chi connectivity index (χ1v) is 6.11. The van der Waals surface area contributed by atoms with Crippen molar-refractivity contribution in [3.8, 4) is 0 Å². The molecule has 1 heterocycles. The van der Waals surface area contributed by atoms with Gasteiger partial charge in [-0.15, -0.1) is 0 Å². The lowest BCUT2D eigenvalue weighted by molar-refractivity contribution is -0.152. The quantitative estimate of drug-likeness (QED) is 0.749. The van der Waals surface area contributed by atoms with E-state index in [1.165, 1.54) is 12.1 Å². The molecule has 0 fully saturated rings. The molecule has 0 saturated heterocycles. The van der Waals surface area contributed by atoms with Gasteiger partial charge in [0.1, 0.15) is 11.5 Å². The molecule has 0 saturated carbocycles. The largest absolute Gasteiger partial charge is 0.464 e. The minimum Gasteiger partial charge on any atom is -0.464 e. The molecule has 106 valence electrons. The van der Waals surface area contributed by atoms with Crippen LogP contribution in [0.3, 0.4) is 0 Å². The van der Waals surface area contributed by atoms with E-state index in [0.29, 0.717) is 17.0 Å². The Hall–Kier alpha value is -2.04. The van der Waals surface area contributed by atoms with Crippen molar-refractivity contribution in [2.45, 2.75) is 26.1 Å². The third-order valence-electron chi connectivity index (χ3n) is 2.86. The van der Waals surface area contributed by atoms with Gasteiger partial charge in [0.05, 0.1) is 0 Å². The second-order valence-corrected chi connectivity index (χ2v) is 4.47. The Bertz CT molecular complexity index is 599. The monoisotopic (exact) mass is 281 g/mol. The molecule has 0 amide bonds. The van der Waals surface area contributed by atoms with Crippen molar-refractivity contribution >= 4 is 5.71 Å². The van der Waals surface area contributed by atoms with Gasteiger partial charge in [0, 0.05) is 5.71 Å². The summed E-state index contributed by atoms with van der Waals surface area (Å²) in [6, 6.07) is 9.60. The predicted molar refractivity (Wildman–Crippen MR) is 70.9 cm³/mol. The van der Waals surface area contributed by atoms with E-state index in [9.17, 15) is 13.2 Å². The van der Waals surface area contributed by atoms with E-state index < -0.39 is 12.2 Å². The summed E-state index contributed by atoms with van der Waals surface area (Å²) in [6.07, 6.45) is -4.49. The van der Waals surface area contributed by atoms with E-state index >= 15 is 0 Å². The average Bonchev–Trinajstić information content (AvgIpc) is 2.81. The zero-order valence-electron chi connectivity index (χ0n) is 11.1. The third-order valence-corrected chi connectivity index (χ3v) is 2.86. The summed E-state index contributed by atoms with van der Waals surface area (Å²) in [7, 11) is 0. The van der Waals surface area contributed by atoms with Crippen molar-refractivity contribution in [2.75, 3.05) is 0 Å². The first-order valence-electron chi connectivity index (χ1n) is 6.11. The zero-order valence-corrected chi connectivity index (χ0v) is 11.1. The Labute approximate surface area is 114 Å². The number of aliphatic imine (C=N–C) groups is 1. The fraction of sp³-hybridized carbons (Fsp3) is 0.267. The molecule has 2 aromatic rings.